The molecule has 0 unspecified atom stereocenters. The highest BCUT2D eigenvalue weighted by Gasteiger charge is 2.14. The van der Waals surface area contributed by atoms with Gasteiger partial charge in [-0.1, -0.05) is 48.0 Å². The van der Waals surface area contributed by atoms with E-state index >= 15 is 0 Å². The van der Waals surface area contributed by atoms with Crippen LogP contribution in [0.4, 0.5) is 0 Å². The normalized spacial score (nSPS) is 11.1. The Morgan fingerprint density at radius 2 is 1.20 bits per heavy atom. The molecule has 0 N–H and O–H groups in total. The van der Waals surface area contributed by atoms with Crippen molar-refractivity contribution in [3.05, 3.63) is 99.6 Å². The zero-order valence-electron chi connectivity index (χ0n) is 18.9. The second kappa shape index (κ2) is 7.95. The quantitative estimate of drug-likeness (QED) is 0.360. The Morgan fingerprint density at radius 1 is 0.600 bits per heavy atom. The van der Waals surface area contributed by atoms with E-state index in [-0.39, 0.29) is 0 Å². The summed E-state index contributed by atoms with van der Waals surface area (Å²) in [5, 5.41) is 5.06. The molecule has 30 heavy (non-hydrogen) atoms. The molecule has 0 saturated carbocycles. The van der Waals surface area contributed by atoms with Crippen molar-refractivity contribution in [1.82, 2.24) is 9.78 Å². The van der Waals surface area contributed by atoms with Crippen molar-refractivity contribution in [1.29, 1.82) is 0 Å². The van der Waals surface area contributed by atoms with E-state index < -0.39 is 0 Å². The average Bonchev–Trinajstić information content (AvgIpc) is 3.13. The molecular weight excluding hydrogens is 364 g/mol. The molecule has 0 aliphatic carbocycles. The number of hydrogen-bond acceptors (Lipinski definition) is 1. The monoisotopic (exact) mass is 394 g/mol. The Bertz CT molecular complexity index is 1230. The molecule has 1 aromatic heterocycles. The van der Waals surface area contributed by atoms with Crippen molar-refractivity contribution in [2.24, 2.45) is 0 Å². The predicted molar refractivity (Wildman–Crippen MR) is 127 cm³/mol. The minimum atomic E-state index is 0.764. The molecule has 0 amide bonds. The van der Waals surface area contributed by atoms with Crippen LogP contribution in [-0.4, -0.2) is 9.78 Å². The zero-order valence-corrected chi connectivity index (χ0v) is 18.9. The second-order valence-corrected chi connectivity index (χ2v) is 8.60. The maximum atomic E-state index is 5.06. The van der Waals surface area contributed by atoms with Crippen molar-refractivity contribution >= 4 is 0 Å². The van der Waals surface area contributed by atoms with Crippen molar-refractivity contribution in [2.75, 3.05) is 0 Å². The third kappa shape index (κ3) is 3.95. The number of benzene rings is 3. The molecule has 1 heterocycles. The molecule has 4 rings (SSSR count). The van der Waals surface area contributed by atoms with E-state index in [0.29, 0.717) is 0 Å². The number of nitrogens with zero attached hydrogens (tertiary/aromatic N) is 2. The Morgan fingerprint density at radius 3 is 1.87 bits per heavy atom. The minimum Gasteiger partial charge on any atom is -0.260 e. The van der Waals surface area contributed by atoms with E-state index in [9.17, 15) is 0 Å². The van der Waals surface area contributed by atoms with Gasteiger partial charge in [-0.05, 0) is 93.1 Å². The van der Waals surface area contributed by atoms with Crippen LogP contribution in [0.5, 0.6) is 0 Å². The lowest BCUT2D eigenvalue weighted by atomic mass is 10.0. The second-order valence-electron chi connectivity index (χ2n) is 8.60. The summed E-state index contributed by atoms with van der Waals surface area (Å²) in [7, 11) is 0. The first-order valence-electron chi connectivity index (χ1n) is 10.6. The molecule has 0 aliphatic heterocycles. The highest BCUT2D eigenvalue weighted by atomic mass is 15.3. The lowest BCUT2D eigenvalue weighted by Crippen LogP contribution is -2.06. The summed E-state index contributed by atoms with van der Waals surface area (Å²) in [6, 6.07) is 22.2. The molecule has 2 nitrogen and oxygen atoms in total. The Hall–Kier alpha value is -3.13. The van der Waals surface area contributed by atoms with Crippen LogP contribution in [-0.2, 0) is 6.54 Å². The van der Waals surface area contributed by atoms with Crippen molar-refractivity contribution in [3.63, 3.8) is 0 Å². The number of aryl methyl sites for hydroxylation is 6. The molecule has 0 fully saturated rings. The third-order valence-electron chi connectivity index (χ3n) is 6.21. The predicted octanol–water partition coefficient (Wildman–Crippen LogP) is 7.12. The molecule has 2 heteroatoms. The summed E-state index contributed by atoms with van der Waals surface area (Å²) in [5.41, 5.74) is 13.7. The van der Waals surface area contributed by atoms with E-state index in [4.69, 9.17) is 5.10 Å². The first-order valence-corrected chi connectivity index (χ1v) is 10.6. The molecule has 3 aromatic carbocycles. The molecule has 0 bridgehead atoms. The molecule has 0 saturated heterocycles. The molecule has 4 aromatic rings. The Labute approximate surface area is 180 Å². The fourth-order valence-corrected chi connectivity index (χ4v) is 3.84. The lowest BCUT2D eigenvalue weighted by Gasteiger charge is -2.12. The fourth-order valence-electron chi connectivity index (χ4n) is 3.84. The first-order chi connectivity index (χ1) is 14.3. The molecule has 152 valence electrons. The van der Waals surface area contributed by atoms with Crippen LogP contribution in [0.3, 0.4) is 0 Å². The van der Waals surface area contributed by atoms with Gasteiger partial charge in [-0.3, -0.25) is 4.68 Å². The van der Waals surface area contributed by atoms with E-state index in [2.05, 4.69) is 107 Å². The standard InChI is InChI=1S/C28H30N2/c1-18-7-8-21(4)26(13-18)17-30-28(25-12-10-20(3)23(6)15-25)16-27(29-30)24-11-9-19(2)22(5)14-24/h7-16H,17H2,1-6H3. The Kier molecular flexibility index (Phi) is 5.34. The van der Waals surface area contributed by atoms with Gasteiger partial charge in [0.2, 0.25) is 0 Å². The summed E-state index contributed by atoms with van der Waals surface area (Å²) in [6.07, 6.45) is 0. The largest absolute Gasteiger partial charge is 0.260 e. The summed E-state index contributed by atoms with van der Waals surface area (Å²) >= 11 is 0. The molecule has 0 aliphatic rings. The maximum absolute atomic E-state index is 5.06. The van der Waals surface area contributed by atoms with Gasteiger partial charge in [0.1, 0.15) is 0 Å². The van der Waals surface area contributed by atoms with Gasteiger partial charge in [-0.25, -0.2) is 0 Å². The summed E-state index contributed by atoms with van der Waals surface area (Å²) < 4.78 is 2.16. The van der Waals surface area contributed by atoms with Gasteiger partial charge in [-0.15, -0.1) is 0 Å². The van der Waals surface area contributed by atoms with Crippen LogP contribution in [0.25, 0.3) is 22.5 Å². The van der Waals surface area contributed by atoms with Crippen LogP contribution >= 0.6 is 0 Å². The van der Waals surface area contributed by atoms with Crippen molar-refractivity contribution in [3.8, 4) is 22.5 Å². The van der Waals surface area contributed by atoms with E-state index in [1.807, 2.05) is 0 Å². The molecule has 0 atom stereocenters. The highest BCUT2D eigenvalue weighted by Crippen LogP contribution is 2.29. The summed E-state index contributed by atoms with van der Waals surface area (Å²) in [6.45, 7) is 13.7. The van der Waals surface area contributed by atoms with Gasteiger partial charge in [0.25, 0.3) is 0 Å². The number of hydrogen-bond donors (Lipinski definition) is 0. The fraction of sp³-hybridized carbons (Fsp3) is 0.250. The maximum Gasteiger partial charge on any atom is 0.0929 e. The first kappa shape index (κ1) is 20.2. The van der Waals surface area contributed by atoms with Crippen LogP contribution in [0, 0.1) is 41.5 Å². The van der Waals surface area contributed by atoms with Crippen LogP contribution in [0.1, 0.15) is 38.9 Å². The van der Waals surface area contributed by atoms with Crippen molar-refractivity contribution < 1.29 is 0 Å². The van der Waals surface area contributed by atoms with Gasteiger partial charge in [0.15, 0.2) is 0 Å². The van der Waals surface area contributed by atoms with Gasteiger partial charge < -0.3 is 0 Å². The Balaban J connectivity index is 1.85. The third-order valence-corrected chi connectivity index (χ3v) is 6.21. The molecular formula is C28H30N2. The minimum absolute atomic E-state index is 0.764. The van der Waals surface area contributed by atoms with E-state index in [1.54, 1.807) is 0 Å². The van der Waals surface area contributed by atoms with Crippen LogP contribution < -0.4 is 0 Å². The SMILES string of the molecule is Cc1ccc(C)c(Cn2nc(-c3ccc(C)c(C)c3)cc2-c2ccc(C)c(C)c2)c1. The topological polar surface area (TPSA) is 17.8 Å². The van der Waals surface area contributed by atoms with Gasteiger partial charge in [0.05, 0.1) is 17.9 Å². The molecule has 0 spiro atoms. The lowest BCUT2D eigenvalue weighted by molar-refractivity contribution is 0.693. The van der Waals surface area contributed by atoms with Gasteiger partial charge in [0, 0.05) is 11.1 Å². The van der Waals surface area contributed by atoms with E-state index in [1.165, 1.54) is 50.1 Å². The van der Waals surface area contributed by atoms with Crippen LogP contribution in [0.2, 0.25) is 0 Å². The van der Waals surface area contributed by atoms with Crippen molar-refractivity contribution in [2.45, 2.75) is 48.1 Å². The highest BCUT2D eigenvalue weighted by molar-refractivity contribution is 5.70. The molecule has 0 radical (unpaired) electrons. The van der Waals surface area contributed by atoms with E-state index in [0.717, 1.165) is 17.9 Å². The number of rotatable bonds is 4. The van der Waals surface area contributed by atoms with Gasteiger partial charge >= 0.3 is 0 Å². The average molecular weight is 395 g/mol. The van der Waals surface area contributed by atoms with Gasteiger partial charge in [-0.2, -0.15) is 5.10 Å². The number of aromatic nitrogens is 2. The smallest absolute Gasteiger partial charge is 0.0929 e. The zero-order chi connectivity index (χ0) is 21.4. The summed E-state index contributed by atoms with van der Waals surface area (Å²) in [4.78, 5) is 0. The van der Waals surface area contributed by atoms with Crippen LogP contribution in [0.15, 0.2) is 60.7 Å². The summed E-state index contributed by atoms with van der Waals surface area (Å²) in [5.74, 6) is 0.